The lowest BCUT2D eigenvalue weighted by atomic mass is 10.0. The molecule has 2 heterocycles. The maximum Gasteiger partial charge on any atom is 0.240 e. The fraction of sp³-hybridized carbons (Fsp3) is 0.444. The van der Waals surface area contributed by atoms with Gasteiger partial charge in [-0.3, -0.25) is 4.79 Å². The average molecular weight is 227 g/mol. The van der Waals surface area contributed by atoms with E-state index < -0.39 is 0 Å². The number of carbonyl (C=O) groups is 1. The molecule has 15 heavy (non-hydrogen) atoms. The Morgan fingerprint density at radius 1 is 1.73 bits per heavy atom. The van der Waals surface area contributed by atoms with E-state index in [1.54, 1.807) is 6.20 Å². The van der Waals surface area contributed by atoms with E-state index in [4.69, 9.17) is 17.3 Å². The first-order chi connectivity index (χ1) is 7.09. The van der Waals surface area contributed by atoms with Crippen LogP contribution in [-0.4, -0.2) is 28.5 Å². The number of hydrogen-bond donors (Lipinski definition) is 1. The maximum atomic E-state index is 11.1. The van der Waals surface area contributed by atoms with Gasteiger partial charge in [-0.05, 0) is 24.9 Å². The lowest BCUT2D eigenvalue weighted by molar-refractivity contribution is -0.120. The van der Waals surface area contributed by atoms with E-state index in [9.17, 15) is 4.79 Å². The maximum absolute atomic E-state index is 11.1. The molecule has 80 valence electrons. The Labute approximate surface area is 92.3 Å². The minimum atomic E-state index is -0.324. The topological polar surface area (TPSA) is 72.1 Å². The number of rotatable bonds is 2. The molecular weight excluding hydrogens is 216 g/mol. The molecule has 1 atom stereocenters. The van der Waals surface area contributed by atoms with Crippen LogP contribution in [0.3, 0.4) is 0 Å². The van der Waals surface area contributed by atoms with Gasteiger partial charge in [-0.25, -0.2) is 9.97 Å². The third-order valence-corrected chi connectivity index (χ3v) is 2.72. The van der Waals surface area contributed by atoms with Crippen molar-refractivity contribution in [2.24, 2.45) is 5.73 Å². The van der Waals surface area contributed by atoms with Crippen LogP contribution < -0.4 is 10.6 Å². The van der Waals surface area contributed by atoms with E-state index in [-0.39, 0.29) is 17.2 Å². The first kappa shape index (κ1) is 10.2. The van der Waals surface area contributed by atoms with Crippen LogP contribution in [0.4, 0.5) is 5.82 Å². The Balaban J connectivity index is 2.30. The molecule has 0 radical (unpaired) electrons. The fourth-order valence-corrected chi connectivity index (χ4v) is 1.77. The summed E-state index contributed by atoms with van der Waals surface area (Å²) in [4.78, 5) is 20.9. The van der Waals surface area contributed by atoms with Gasteiger partial charge in [-0.15, -0.1) is 0 Å². The lowest BCUT2D eigenvalue weighted by Gasteiger charge is -2.40. The standard InChI is InChI=1S/C9H11ClN4O/c1-5-4-12-9(10)13-8(5)14-3-2-6(14)7(11)15/h4,6H,2-3H2,1H3,(H2,11,15). The first-order valence-electron chi connectivity index (χ1n) is 4.64. The van der Waals surface area contributed by atoms with Gasteiger partial charge in [0.1, 0.15) is 11.9 Å². The summed E-state index contributed by atoms with van der Waals surface area (Å²) < 4.78 is 0. The molecule has 2 N–H and O–H groups in total. The summed E-state index contributed by atoms with van der Waals surface area (Å²) in [6.07, 6.45) is 2.41. The van der Waals surface area contributed by atoms with Crippen LogP contribution in [0.15, 0.2) is 6.20 Å². The number of halogens is 1. The Kier molecular flexibility index (Phi) is 2.48. The number of primary amides is 1. The normalized spacial score (nSPS) is 19.9. The molecule has 2 rings (SSSR count). The van der Waals surface area contributed by atoms with Gasteiger partial charge in [0, 0.05) is 18.3 Å². The summed E-state index contributed by atoms with van der Waals surface area (Å²) in [5.41, 5.74) is 6.15. The van der Waals surface area contributed by atoms with Crippen LogP contribution in [0.1, 0.15) is 12.0 Å². The van der Waals surface area contributed by atoms with E-state index in [1.165, 1.54) is 0 Å². The summed E-state index contributed by atoms with van der Waals surface area (Å²) in [5, 5.41) is 0.186. The van der Waals surface area contributed by atoms with Crippen LogP contribution >= 0.6 is 11.6 Å². The average Bonchev–Trinajstić information content (AvgIpc) is 2.08. The predicted molar refractivity (Wildman–Crippen MR) is 56.7 cm³/mol. The highest BCUT2D eigenvalue weighted by molar-refractivity contribution is 6.28. The third kappa shape index (κ3) is 1.74. The van der Waals surface area contributed by atoms with Crippen LogP contribution in [0, 0.1) is 6.92 Å². The first-order valence-corrected chi connectivity index (χ1v) is 5.02. The minimum absolute atomic E-state index is 0.186. The van der Waals surface area contributed by atoms with Gasteiger partial charge in [0.05, 0.1) is 0 Å². The zero-order valence-corrected chi connectivity index (χ0v) is 9.03. The SMILES string of the molecule is Cc1cnc(Cl)nc1N1CCC1C(N)=O. The number of nitrogens with two attached hydrogens (primary N) is 1. The summed E-state index contributed by atoms with van der Waals surface area (Å²) in [5.74, 6) is 0.375. The highest BCUT2D eigenvalue weighted by Gasteiger charge is 2.34. The van der Waals surface area contributed by atoms with Gasteiger partial charge >= 0.3 is 0 Å². The Morgan fingerprint density at radius 2 is 2.47 bits per heavy atom. The molecule has 0 spiro atoms. The second-order valence-corrected chi connectivity index (χ2v) is 3.88. The quantitative estimate of drug-likeness (QED) is 0.746. The highest BCUT2D eigenvalue weighted by Crippen LogP contribution is 2.27. The van der Waals surface area contributed by atoms with Crippen molar-refractivity contribution < 1.29 is 4.79 Å². The van der Waals surface area contributed by atoms with E-state index in [0.717, 1.165) is 18.5 Å². The predicted octanol–water partition coefficient (Wildman–Crippen LogP) is 0.502. The molecule has 5 nitrogen and oxygen atoms in total. The number of aryl methyl sites for hydroxylation is 1. The van der Waals surface area contributed by atoms with E-state index in [1.807, 2.05) is 11.8 Å². The molecule has 1 aromatic heterocycles. The van der Waals surface area contributed by atoms with Crippen LogP contribution in [0.5, 0.6) is 0 Å². The molecule has 1 aliphatic rings. The summed E-state index contributed by atoms with van der Waals surface area (Å²) >= 11 is 5.70. The van der Waals surface area contributed by atoms with Crippen molar-refractivity contribution in [1.82, 2.24) is 9.97 Å². The number of carbonyl (C=O) groups excluding carboxylic acids is 1. The summed E-state index contributed by atoms with van der Waals surface area (Å²) in [6, 6.07) is -0.255. The largest absolute Gasteiger partial charge is 0.368 e. The minimum Gasteiger partial charge on any atom is -0.368 e. The van der Waals surface area contributed by atoms with Crippen LogP contribution in [0.25, 0.3) is 0 Å². The summed E-state index contributed by atoms with van der Waals surface area (Å²) in [6.45, 7) is 2.66. The monoisotopic (exact) mass is 226 g/mol. The van der Waals surface area contributed by atoms with Gasteiger partial charge in [0.15, 0.2) is 0 Å². The summed E-state index contributed by atoms with van der Waals surface area (Å²) in [7, 11) is 0. The molecule has 1 saturated heterocycles. The second kappa shape index (κ2) is 3.66. The van der Waals surface area contributed by atoms with Crippen molar-refractivity contribution >= 4 is 23.3 Å². The van der Waals surface area contributed by atoms with Crippen molar-refractivity contribution in [2.75, 3.05) is 11.4 Å². The Hall–Kier alpha value is -1.36. The molecule has 1 unspecified atom stereocenters. The molecule has 0 saturated carbocycles. The molecular formula is C9H11ClN4O. The van der Waals surface area contributed by atoms with Crippen molar-refractivity contribution in [3.8, 4) is 0 Å². The molecule has 1 fully saturated rings. The fourth-order valence-electron chi connectivity index (χ4n) is 1.64. The highest BCUT2D eigenvalue weighted by atomic mass is 35.5. The Morgan fingerprint density at radius 3 is 3.00 bits per heavy atom. The number of nitrogens with zero attached hydrogens (tertiary/aromatic N) is 3. The number of anilines is 1. The third-order valence-electron chi connectivity index (χ3n) is 2.54. The lowest BCUT2D eigenvalue weighted by Crippen LogP contribution is -2.55. The van der Waals surface area contributed by atoms with Gasteiger partial charge in [-0.2, -0.15) is 0 Å². The molecule has 1 aromatic rings. The van der Waals surface area contributed by atoms with Crippen molar-refractivity contribution in [3.63, 3.8) is 0 Å². The molecule has 0 aliphatic carbocycles. The molecule has 1 aliphatic heterocycles. The van der Waals surface area contributed by atoms with Crippen molar-refractivity contribution in [1.29, 1.82) is 0 Å². The van der Waals surface area contributed by atoms with E-state index in [2.05, 4.69) is 9.97 Å². The van der Waals surface area contributed by atoms with E-state index >= 15 is 0 Å². The van der Waals surface area contributed by atoms with E-state index in [0.29, 0.717) is 5.82 Å². The Bertz CT molecular complexity index is 409. The molecule has 0 bridgehead atoms. The van der Waals surface area contributed by atoms with Gasteiger partial charge in [0.25, 0.3) is 0 Å². The van der Waals surface area contributed by atoms with Crippen LogP contribution in [-0.2, 0) is 4.79 Å². The van der Waals surface area contributed by atoms with Crippen molar-refractivity contribution in [3.05, 3.63) is 17.0 Å². The molecule has 0 aromatic carbocycles. The van der Waals surface area contributed by atoms with Gasteiger partial charge < -0.3 is 10.6 Å². The van der Waals surface area contributed by atoms with Gasteiger partial charge in [-0.1, -0.05) is 0 Å². The number of amides is 1. The molecule has 6 heteroatoms. The van der Waals surface area contributed by atoms with Crippen molar-refractivity contribution in [2.45, 2.75) is 19.4 Å². The van der Waals surface area contributed by atoms with Gasteiger partial charge in [0.2, 0.25) is 11.2 Å². The zero-order chi connectivity index (χ0) is 11.0. The van der Waals surface area contributed by atoms with Crippen LogP contribution in [0.2, 0.25) is 5.28 Å². The second-order valence-electron chi connectivity index (χ2n) is 3.55. The zero-order valence-electron chi connectivity index (χ0n) is 8.27. The number of hydrogen-bond acceptors (Lipinski definition) is 4. The number of aromatic nitrogens is 2. The smallest absolute Gasteiger partial charge is 0.240 e. The molecule has 1 amide bonds.